The summed E-state index contributed by atoms with van der Waals surface area (Å²) >= 11 is 11.9. The van der Waals surface area contributed by atoms with Gasteiger partial charge in [0.15, 0.2) is 0 Å². The summed E-state index contributed by atoms with van der Waals surface area (Å²) in [6.45, 7) is 0. The zero-order chi connectivity index (χ0) is 13.1. The molecule has 2 rings (SSSR count). The Morgan fingerprint density at radius 3 is 2.28 bits per heavy atom. The molecule has 5 heteroatoms. The topological polar surface area (TPSA) is 55.1 Å². The number of amides is 1. The van der Waals surface area contributed by atoms with E-state index in [1.807, 2.05) is 0 Å². The molecule has 0 fully saturated rings. The van der Waals surface area contributed by atoms with Crippen molar-refractivity contribution in [2.45, 2.75) is 0 Å². The molecule has 92 valence electrons. The van der Waals surface area contributed by atoms with E-state index in [4.69, 9.17) is 28.9 Å². The van der Waals surface area contributed by atoms with Gasteiger partial charge in [-0.25, -0.2) is 0 Å². The number of anilines is 2. The third kappa shape index (κ3) is 2.75. The molecule has 3 N–H and O–H groups in total. The van der Waals surface area contributed by atoms with Crippen molar-refractivity contribution < 1.29 is 4.79 Å². The van der Waals surface area contributed by atoms with Crippen LogP contribution in [-0.4, -0.2) is 5.91 Å². The maximum Gasteiger partial charge on any atom is 0.255 e. The average molecular weight is 281 g/mol. The number of hydrogen-bond acceptors (Lipinski definition) is 2. The van der Waals surface area contributed by atoms with Crippen molar-refractivity contribution in [3.63, 3.8) is 0 Å². The van der Waals surface area contributed by atoms with Crippen LogP contribution >= 0.6 is 23.2 Å². The first-order valence-corrected chi connectivity index (χ1v) is 5.94. The lowest BCUT2D eigenvalue weighted by atomic mass is 10.2. The highest BCUT2D eigenvalue weighted by Gasteiger charge is 2.11. The van der Waals surface area contributed by atoms with Crippen molar-refractivity contribution in [1.29, 1.82) is 0 Å². The fourth-order valence-electron chi connectivity index (χ4n) is 1.48. The van der Waals surface area contributed by atoms with Crippen LogP contribution in [0.15, 0.2) is 42.5 Å². The average Bonchev–Trinajstić information content (AvgIpc) is 2.34. The van der Waals surface area contributed by atoms with Crippen LogP contribution in [0.3, 0.4) is 0 Å². The smallest absolute Gasteiger partial charge is 0.255 e. The van der Waals surface area contributed by atoms with Crippen LogP contribution in [0.1, 0.15) is 10.4 Å². The zero-order valence-corrected chi connectivity index (χ0v) is 10.8. The number of nitrogens with one attached hydrogen (secondary N) is 1. The van der Waals surface area contributed by atoms with E-state index >= 15 is 0 Å². The fourth-order valence-corrected chi connectivity index (χ4v) is 1.97. The number of nitrogens with two attached hydrogens (primary N) is 1. The van der Waals surface area contributed by atoms with Crippen LogP contribution in [0.4, 0.5) is 11.4 Å². The molecular weight excluding hydrogens is 271 g/mol. The van der Waals surface area contributed by atoms with Gasteiger partial charge in [-0.15, -0.1) is 0 Å². The summed E-state index contributed by atoms with van der Waals surface area (Å²) in [7, 11) is 0. The number of carbonyl (C=O) groups excluding carboxylic acids is 1. The molecule has 0 atom stereocenters. The van der Waals surface area contributed by atoms with Crippen LogP contribution in [0.2, 0.25) is 10.0 Å². The van der Waals surface area contributed by atoms with E-state index in [0.717, 1.165) is 0 Å². The van der Waals surface area contributed by atoms with Crippen LogP contribution in [-0.2, 0) is 0 Å². The molecule has 0 heterocycles. The number of hydrogen-bond donors (Lipinski definition) is 2. The maximum atomic E-state index is 12.0. The van der Waals surface area contributed by atoms with Gasteiger partial charge in [0.25, 0.3) is 5.91 Å². The van der Waals surface area contributed by atoms with E-state index in [1.165, 1.54) is 0 Å². The number of para-hydroxylation sites is 1. The Kier molecular flexibility index (Phi) is 3.75. The van der Waals surface area contributed by atoms with E-state index in [1.54, 1.807) is 42.5 Å². The Morgan fingerprint density at radius 1 is 1.06 bits per heavy atom. The monoisotopic (exact) mass is 280 g/mol. The lowest BCUT2D eigenvalue weighted by Crippen LogP contribution is -2.12. The Bertz CT molecular complexity index is 579. The second-order valence-electron chi connectivity index (χ2n) is 3.68. The largest absolute Gasteiger partial charge is 0.399 e. The van der Waals surface area contributed by atoms with Crippen molar-refractivity contribution in [3.05, 3.63) is 58.1 Å². The normalized spacial score (nSPS) is 10.1. The third-order valence-electron chi connectivity index (χ3n) is 2.35. The van der Waals surface area contributed by atoms with Crippen molar-refractivity contribution in [2.75, 3.05) is 11.1 Å². The lowest BCUT2D eigenvalue weighted by Gasteiger charge is -2.09. The minimum atomic E-state index is -0.308. The predicted molar refractivity (Wildman–Crippen MR) is 75.3 cm³/mol. The van der Waals surface area contributed by atoms with Gasteiger partial charge in [-0.2, -0.15) is 0 Å². The second-order valence-corrected chi connectivity index (χ2v) is 4.49. The minimum absolute atomic E-state index is 0.308. The SMILES string of the molecule is Nc1cccc(C(=O)Nc2c(Cl)cccc2Cl)c1. The molecule has 0 saturated carbocycles. The van der Waals surface area contributed by atoms with Gasteiger partial charge in [0.05, 0.1) is 15.7 Å². The van der Waals surface area contributed by atoms with Gasteiger partial charge in [0.1, 0.15) is 0 Å². The van der Waals surface area contributed by atoms with Crippen LogP contribution < -0.4 is 11.1 Å². The molecule has 2 aromatic carbocycles. The minimum Gasteiger partial charge on any atom is -0.399 e. The molecule has 3 nitrogen and oxygen atoms in total. The zero-order valence-electron chi connectivity index (χ0n) is 9.28. The summed E-state index contributed by atoms with van der Waals surface area (Å²) in [5.74, 6) is -0.308. The van der Waals surface area contributed by atoms with Gasteiger partial charge in [0.2, 0.25) is 0 Å². The molecule has 2 aromatic rings. The number of carbonyl (C=O) groups is 1. The predicted octanol–water partition coefficient (Wildman–Crippen LogP) is 3.83. The number of benzene rings is 2. The molecule has 0 aliphatic rings. The van der Waals surface area contributed by atoms with Crippen molar-refractivity contribution in [1.82, 2.24) is 0 Å². The van der Waals surface area contributed by atoms with E-state index < -0.39 is 0 Å². The highest BCUT2D eigenvalue weighted by Crippen LogP contribution is 2.30. The molecule has 0 aromatic heterocycles. The first-order chi connectivity index (χ1) is 8.58. The molecule has 0 unspecified atom stereocenters. The molecule has 0 bridgehead atoms. The van der Waals surface area contributed by atoms with Gasteiger partial charge < -0.3 is 11.1 Å². The first kappa shape index (κ1) is 12.7. The molecular formula is C13H10Cl2N2O. The summed E-state index contributed by atoms with van der Waals surface area (Å²) in [6, 6.07) is 11.7. The van der Waals surface area contributed by atoms with Gasteiger partial charge in [0, 0.05) is 11.3 Å². The quantitative estimate of drug-likeness (QED) is 0.822. The lowest BCUT2D eigenvalue weighted by molar-refractivity contribution is 0.102. The number of nitrogen functional groups attached to an aromatic ring is 1. The molecule has 1 amide bonds. The van der Waals surface area contributed by atoms with Crippen LogP contribution in [0.5, 0.6) is 0 Å². The summed E-state index contributed by atoms with van der Waals surface area (Å²) in [6.07, 6.45) is 0. The third-order valence-corrected chi connectivity index (χ3v) is 2.98. The number of halogens is 2. The molecule has 0 aliphatic heterocycles. The Labute approximate surface area is 115 Å². The summed E-state index contributed by atoms with van der Waals surface area (Å²) in [5.41, 5.74) is 6.99. The molecule has 0 aliphatic carbocycles. The molecule has 0 spiro atoms. The highest BCUT2D eigenvalue weighted by molar-refractivity contribution is 6.40. The Balaban J connectivity index is 2.27. The van der Waals surface area contributed by atoms with Crippen molar-refractivity contribution in [2.24, 2.45) is 0 Å². The summed E-state index contributed by atoms with van der Waals surface area (Å²) in [4.78, 5) is 12.0. The number of rotatable bonds is 2. The van der Waals surface area contributed by atoms with Crippen LogP contribution in [0.25, 0.3) is 0 Å². The Hall–Kier alpha value is -1.71. The van der Waals surface area contributed by atoms with Crippen LogP contribution in [0, 0.1) is 0 Å². The van der Waals surface area contributed by atoms with Gasteiger partial charge in [-0.1, -0.05) is 35.3 Å². The fraction of sp³-hybridized carbons (Fsp3) is 0. The van der Waals surface area contributed by atoms with E-state index in [0.29, 0.717) is 27.0 Å². The maximum absolute atomic E-state index is 12.0. The van der Waals surface area contributed by atoms with E-state index in [9.17, 15) is 4.79 Å². The van der Waals surface area contributed by atoms with E-state index in [-0.39, 0.29) is 5.91 Å². The van der Waals surface area contributed by atoms with Gasteiger partial charge in [-0.05, 0) is 30.3 Å². The summed E-state index contributed by atoms with van der Waals surface area (Å²) < 4.78 is 0. The summed E-state index contributed by atoms with van der Waals surface area (Å²) in [5, 5.41) is 3.44. The Morgan fingerprint density at radius 2 is 1.67 bits per heavy atom. The molecule has 0 saturated heterocycles. The standard InChI is InChI=1S/C13H10Cl2N2O/c14-10-5-2-6-11(15)12(10)17-13(18)8-3-1-4-9(16)7-8/h1-7H,16H2,(H,17,18). The van der Waals surface area contributed by atoms with E-state index in [2.05, 4.69) is 5.32 Å². The highest BCUT2D eigenvalue weighted by atomic mass is 35.5. The van der Waals surface area contributed by atoms with Gasteiger partial charge >= 0.3 is 0 Å². The van der Waals surface area contributed by atoms with Crippen molar-refractivity contribution >= 4 is 40.5 Å². The van der Waals surface area contributed by atoms with Gasteiger partial charge in [-0.3, -0.25) is 4.79 Å². The molecule has 0 radical (unpaired) electrons. The van der Waals surface area contributed by atoms with Crippen molar-refractivity contribution in [3.8, 4) is 0 Å². The second kappa shape index (κ2) is 5.29. The first-order valence-electron chi connectivity index (χ1n) is 5.19. The molecule has 18 heavy (non-hydrogen) atoms.